The van der Waals surface area contributed by atoms with Gasteiger partial charge in [-0.1, -0.05) is 5.92 Å². The van der Waals surface area contributed by atoms with Gasteiger partial charge >= 0.3 is 0 Å². The summed E-state index contributed by atoms with van der Waals surface area (Å²) in [6, 6.07) is -0.652. The molecular weight excluding hydrogens is 1360 g/mol. The molecule has 35 nitrogen and oxygen atoms in total. The number of hydrogen-bond donors (Lipinski definition) is 14. The predicted octanol–water partition coefficient (Wildman–Crippen LogP) is -2.21. The Morgan fingerprint density at radius 1 is 0.452 bits per heavy atom. The molecule has 3 unspecified atom stereocenters. The molecule has 21 N–H and O–H groups in total. The summed E-state index contributed by atoms with van der Waals surface area (Å²) in [5.41, 5.74) is 38.2. The first kappa shape index (κ1) is 101. The molecule has 104 heavy (non-hydrogen) atoms. The van der Waals surface area contributed by atoms with E-state index in [4.69, 9.17) is 86.5 Å². The van der Waals surface area contributed by atoms with E-state index >= 15 is 0 Å². The average Bonchev–Trinajstić information content (AvgIpc) is 1.75. The van der Waals surface area contributed by atoms with Crippen LogP contribution in [0.2, 0.25) is 0 Å². The summed E-state index contributed by atoms with van der Waals surface area (Å²) in [6.07, 6.45) is 35.9. The molecule has 2 fully saturated rings. The van der Waals surface area contributed by atoms with Crippen molar-refractivity contribution in [2.45, 2.75) is 235 Å². The molecule has 2 heterocycles. The molecule has 0 aliphatic carbocycles. The van der Waals surface area contributed by atoms with E-state index in [-0.39, 0.29) is 60.8 Å². The fourth-order valence-electron chi connectivity index (χ4n) is 8.41. The number of amides is 6. The summed E-state index contributed by atoms with van der Waals surface area (Å²) in [4.78, 5) is 128. The third-order valence-corrected chi connectivity index (χ3v) is 14.1. The van der Waals surface area contributed by atoms with Crippen molar-refractivity contribution in [3.05, 3.63) is 0 Å². The first-order valence-electron chi connectivity index (χ1n) is 34.1. The number of nitrogens with two attached hydrogens (primary N) is 7. The van der Waals surface area contributed by atoms with Crippen LogP contribution in [0.1, 0.15) is 167 Å². The molecule has 0 bridgehead atoms. The molecule has 0 aromatic carbocycles. The second-order valence-corrected chi connectivity index (χ2v) is 22.5. The van der Waals surface area contributed by atoms with Crippen molar-refractivity contribution in [3.8, 4) is 61.7 Å². The third-order valence-electron chi connectivity index (χ3n) is 14.1. The number of carbonyl (C=O) groups is 12. The maximum atomic E-state index is 11.8. The van der Waals surface area contributed by atoms with Gasteiger partial charge in [-0.15, -0.1) is 55.8 Å². The van der Waals surface area contributed by atoms with E-state index in [9.17, 15) is 62.6 Å². The highest BCUT2D eigenvalue weighted by Crippen LogP contribution is 2.20. The van der Waals surface area contributed by atoms with Gasteiger partial charge in [-0.05, 0) is 135 Å². The van der Waals surface area contributed by atoms with Gasteiger partial charge in [0.2, 0.25) is 35.4 Å². The maximum Gasteiger partial charge on any atom is 0.294 e. The minimum absolute atomic E-state index is 0.00385. The van der Waals surface area contributed by atoms with Gasteiger partial charge in [-0.2, -0.15) is 0 Å². The lowest BCUT2D eigenvalue weighted by Crippen LogP contribution is -2.40. The number of carbonyl (C=O) groups excluding carboxylic acids is 12. The van der Waals surface area contributed by atoms with Gasteiger partial charge in [-0.3, -0.25) is 91.9 Å². The molecule has 588 valence electrons. The monoisotopic (exact) mass is 1480 g/mol. The van der Waals surface area contributed by atoms with Gasteiger partial charge in [0.1, 0.15) is 24.4 Å². The van der Waals surface area contributed by atoms with Crippen molar-refractivity contribution in [1.82, 2.24) is 31.9 Å². The molecule has 0 saturated carbocycles. The first-order valence-corrected chi connectivity index (χ1v) is 34.1. The Morgan fingerprint density at radius 2 is 0.817 bits per heavy atom. The second-order valence-electron chi connectivity index (χ2n) is 22.5. The number of aliphatic hydroxyl groups excluding tert-OH is 1. The molecule has 0 spiro atoms. The number of terminal acetylenes is 5. The molecule has 0 aromatic rings. The molecule has 35 heteroatoms. The molecular formula is C69H115N13O22. The Balaban J connectivity index is -0.000000577. The predicted molar refractivity (Wildman–Crippen MR) is 381 cm³/mol. The molecule has 2 rings (SSSR count). The van der Waals surface area contributed by atoms with Crippen molar-refractivity contribution >= 4 is 74.3 Å². The van der Waals surface area contributed by atoms with E-state index in [1.165, 1.54) is 7.11 Å². The average molecular weight is 1480 g/mol. The Hall–Kier alpha value is -9.00. The fourth-order valence-corrected chi connectivity index (χ4v) is 8.41. The SMILES string of the molecule is C#CCC(N)C(=O)NCCCC[C@H](N)OC=O.C#CCC(O)C(=O)NCCCC[C@H](N)OC=O.C#CCC(OC)C(=O)NCCCC[C@H](N)OC=O.C#CCCC(=O)NCCCC[C@H](N)OC=O.C#C[C@@H]1CCO[C@H]1C(=O)NCCCC[C@H](N)OC=O.N[C@@H](CCCCNC(=O)[C@H]1CCCO1)OC=O. The largest absolute Gasteiger partial charge is 0.449 e. The molecule has 2 saturated heterocycles. The Morgan fingerprint density at radius 3 is 1.16 bits per heavy atom. The fraction of sp³-hybridized carbons (Fsp3) is 0.681. The van der Waals surface area contributed by atoms with Crippen molar-refractivity contribution < 1.29 is 105 Å². The van der Waals surface area contributed by atoms with E-state index in [2.05, 4.69) is 89.9 Å². The summed E-state index contributed by atoms with van der Waals surface area (Å²) in [6.45, 7) is 6.37. The van der Waals surface area contributed by atoms with Crippen LogP contribution in [-0.4, -0.2) is 207 Å². The van der Waals surface area contributed by atoms with Crippen LogP contribution in [0, 0.1) is 67.6 Å². The second kappa shape index (κ2) is 73.7. The quantitative estimate of drug-likeness (QED) is 0.0101. The van der Waals surface area contributed by atoms with Gasteiger partial charge in [0.15, 0.2) is 37.4 Å². The highest BCUT2D eigenvalue weighted by atomic mass is 16.6. The number of hydrogen-bond acceptors (Lipinski definition) is 29. The van der Waals surface area contributed by atoms with Crippen LogP contribution in [0.3, 0.4) is 0 Å². The van der Waals surface area contributed by atoms with E-state index in [1.54, 1.807) is 0 Å². The highest BCUT2D eigenvalue weighted by Gasteiger charge is 2.32. The minimum atomic E-state index is -1.15. The van der Waals surface area contributed by atoms with Crippen molar-refractivity contribution in [3.63, 3.8) is 0 Å². The number of unbranched alkanes of at least 4 members (excludes halogenated alkanes) is 6. The number of nitrogens with one attached hydrogen (secondary N) is 6. The molecule has 12 atom stereocenters. The minimum Gasteiger partial charge on any atom is -0.449 e. The molecule has 2 aliphatic rings. The summed E-state index contributed by atoms with van der Waals surface area (Å²) < 4.78 is 42.6. The van der Waals surface area contributed by atoms with Crippen LogP contribution in [-0.2, 0) is 100 Å². The lowest BCUT2D eigenvalue weighted by atomic mass is 10.0. The van der Waals surface area contributed by atoms with E-state index < -0.39 is 67.6 Å². The topological polar surface area (TPSA) is 562 Å². The number of methoxy groups -OCH3 is 1. The molecule has 0 aromatic heterocycles. The Labute approximate surface area is 611 Å². The van der Waals surface area contributed by atoms with Crippen molar-refractivity contribution in [2.24, 2.45) is 46.1 Å². The summed E-state index contributed by atoms with van der Waals surface area (Å²) >= 11 is 0. The summed E-state index contributed by atoms with van der Waals surface area (Å²) in [5.74, 6) is 10.6. The van der Waals surface area contributed by atoms with Gasteiger partial charge < -0.3 is 85.4 Å². The lowest BCUT2D eigenvalue weighted by Gasteiger charge is -2.14. The molecule has 2 aliphatic heterocycles. The van der Waals surface area contributed by atoms with Crippen molar-refractivity contribution in [1.29, 1.82) is 0 Å². The van der Waals surface area contributed by atoms with Crippen molar-refractivity contribution in [2.75, 3.05) is 59.6 Å². The normalized spacial score (nSPS) is 16.0. The zero-order chi connectivity index (χ0) is 78.8. The third kappa shape index (κ3) is 63.9. The van der Waals surface area contributed by atoms with E-state index in [1.807, 2.05) is 0 Å². The first-order chi connectivity index (χ1) is 50.0. The standard InChI is InChI=1S/C13H20N2O4.C12H20N2O4.C11H19N3O3.C11H20N2O4.C11H18N2O4.C11H18N2O3/c1-2-10-6-8-18-12(10)13(17)15-7-4-3-5-11(14)19-9-16;1-3-6-10(17-2)12(16)14-8-5-4-7-11(13)18-9-15;1-2-5-9(12)11(16)14-7-4-3-6-10(13)17-8-15;12-10(17-8-14)5-1-2-6-13-11(15)9-4-3-7-16-9;1-2-5-9(15)11(16)13-7-4-3-6-10(12)17-8-14;1-2-3-7-11(15)13-8-5-4-6-10(12)16-9-14/h1,9-12H,3-8,14H2,(H,15,17);1,9-11H,4-8,13H2,2H3,(H,14,16);1,8-10H,3-7,12-13H2,(H,14,16);8-10H,1-7,12H2,(H,13,15);1,8-10,15H,3-7,12H2,(H,13,16);1,9-10H,3-8,12H2,(H,13,15)/t10-,11-,12-;10?,11-;9?,10-;9-,10-;9?,10-;10-/m111111/s1. The zero-order valence-corrected chi connectivity index (χ0v) is 59.9. The van der Waals surface area contributed by atoms with Crippen LogP contribution in [0.5, 0.6) is 0 Å². The van der Waals surface area contributed by atoms with Gasteiger partial charge in [0.25, 0.3) is 38.8 Å². The van der Waals surface area contributed by atoms with Crippen LogP contribution >= 0.6 is 0 Å². The van der Waals surface area contributed by atoms with Crippen LogP contribution in [0.4, 0.5) is 0 Å². The van der Waals surface area contributed by atoms with Gasteiger partial charge in [0.05, 0.1) is 12.0 Å². The zero-order valence-electron chi connectivity index (χ0n) is 59.9. The van der Waals surface area contributed by atoms with E-state index in [0.717, 1.165) is 83.5 Å². The smallest absolute Gasteiger partial charge is 0.294 e. The summed E-state index contributed by atoms with van der Waals surface area (Å²) in [7, 11) is 1.44. The van der Waals surface area contributed by atoms with Crippen LogP contribution in [0.25, 0.3) is 0 Å². The highest BCUT2D eigenvalue weighted by molar-refractivity contribution is 5.83. The molecule has 6 amide bonds. The van der Waals surface area contributed by atoms with Crippen LogP contribution in [0.15, 0.2) is 0 Å². The van der Waals surface area contributed by atoms with Gasteiger partial charge in [0, 0.05) is 91.7 Å². The van der Waals surface area contributed by atoms with Gasteiger partial charge in [-0.25, -0.2) is 0 Å². The number of rotatable bonds is 53. The van der Waals surface area contributed by atoms with E-state index in [0.29, 0.717) is 156 Å². The number of aliphatic hydroxyl groups is 1. The Bertz CT molecular complexity index is 2490. The Kier molecular flexibility index (Phi) is 71.9. The maximum absolute atomic E-state index is 11.8. The number of ether oxygens (including phenoxy) is 9. The molecule has 0 radical (unpaired) electrons. The lowest BCUT2D eigenvalue weighted by molar-refractivity contribution is -0.134. The summed E-state index contributed by atoms with van der Waals surface area (Å²) in [5, 5.41) is 25.4. The van der Waals surface area contributed by atoms with Crippen LogP contribution < -0.4 is 72.0 Å².